The van der Waals surface area contributed by atoms with E-state index < -0.39 is 0 Å². The van der Waals surface area contributed by atoms with Crippen LogP contribution in [0.1, 0.15) is 0 Å². The van der Waals surface area contributed by atoms with Crippen molar-refractivity contribution in [2.45, 2.75) is 9.24 Å². The maximum atomic E-state index is 12.6. The monoisotopic (exact) mass is 221 g/mol. The Bertz CT molecular complexity index is 427. The molecule has 0 aliphatic rings. The molecule has 1 nitrogen and oxygen atoms in total. The Balaban J connectivity index is 2.15. The number of halogens is 1. The largest absolute Gasteiger partial charge is 0.246 e. The molecule has 0 aliphatic carbocycles. The first kappa shape index (κ1) is 9.74. The van der Waals surface area contributed by atoms with E-state index in [1.165, 1.54) is 35.2 Å². The molecule has 0 saturated carbocycles. The minimum Gasteiger partial charge on any atom is -0.246 e. The smallest absolute Gasteiger partial charge is 0.153 e. The van der Waals surface area contributed by atoms with E-state index >= 15 is 0 Å². The predicted molar refractivity (Wildman–Crippen MR) is 58.0 cm³/mol. The van der Waals surface area contributed by atoms with Gasteiger partial charge in [-0.15, -0.1) is 11.3 Å². The van der Waals surface area contributed by atoms with Crippen LogP contribution in [0.2, 0.25) is 0 Å². The molecule has 1 aromatic heterocycles. The van der Waals surface area contributed by atoms with Crippen molar-refractivity contribution in [2.75, 3.05) is 0 Å². The highest BCUT2D eigenvalue weighted by Crippen LogP contribution is 2.28. The molecular formula is C9H5BFNS2. The molecule has 2 rings (SSSR count). The molecule has 0 aliphatic heterocycles. The first-order chi connectivity index (χ1) is 6.74. The zero-order valence-electron chi connectivity index (χ0n) is 7.11. The van der Waals surface area contributed by atoms with Crippen LogP contribution in [0.5, 0.6) is 0 Å². The number of rotatable bonds is 2. The van der Waals surface area contributed by atoms with Gasteiger partial charge in [0, 0.05) is 10.3 Å². The van der Waals surface area contributed by atoms with Gasteiger partial charge >= 0.3 is 0 Å². The van der Waals surface area contributed by atoms with E-state index in [2.05, 4.69) is 4.98 Å². The van der Waals surface area contributed by atoms with Crippen LogP contribution in [-0.4, -0.2) is 12.8 Å². The molecule has 14 heavy (non-hydrogen) atoms. The summed E-state index contributed by atoms with van der Waals surface area (Å²) in [5.74, 6) is -0.229. The number of aromatic nitrogens is 1. The maximum absolute atomic E-state index is 12.6. The number of hydrogen-bond donors (Lipinski definition) is 0. The van der Waals surface area contributed by atoms with Crippen LogP contribution in [0.25, 0.3) is 0 Å². The van der Waals surface area contributed by atoms with Crippen LogP contribution in [0.4, 0.5) is 4.39 Å². The van der Waals surface area contributed by atoms with Crippen LogP contribution in [0, 0.1) is 5.82 Å². The minimum atomic E-state index is -0.229. The lowest BCUT2D eigenvalue weighted by Gasteiger charge is -1.96. The van der Waals surface area contributed by atoms with Crippen LogP contribution < -0.4 is 5.59 Å². The van der Waals surface area contributed by atoms with Crippen molar-refractivity contribution < 1.29 is 4.39 Å². The standard InChI is InChI=1S/C9H5BFNS2/c10-8-5-13-9(12-8)14-7-3-1-6(11)2-4-7/h1-5H. The fourth-order valence-electron chi connectivity index (χ4n) is 0.919. The Morgan fingerprint density at radius 2 is 2.00 bits per heavy atom. The third-order valence-electron chi connectivity index (χ3n) is 1.52. The van der Waals surface area contributed by atoms with Gasteiger partial charge in [-0.1, -0.05) is 11.8 Å². The fraction of sp³-hybridized carbons (Fsp3) is 0. The molecule has 0 amide bonds. The Morgan fingerprint density at radius 1 is 1.29 bits per heavy atom. The van der Waals surface area contributed by atoms with E-state index in [0.29, 0.717) is 5.59 Å². The molecule has 0 unspecified atom stereocenters. The van der Waals surface area contributed by atoms with Crippen LogP contribution in [-0.2, 0) is 0 Å². The van der Waals surface area contributed by atoms with Crippen LogP contribution in [0.3, 0.4) is 0 Å². The van der Waals surface area contributed by atoms with Crippen molar-refractivity contribution in [1.29, 1.82) is 0 Å². The highest BCUT2D eigenvalue weighted by molar-refractivity contribution is 8.01. The molecule has 0 spiro atoms. The summed E-state index contributed by atoms with van der Waals surface area (Å²) in [6.45, 7) is 0. The van der Waals surface area contributed by atoms with E-state index in [1.54, 1.807) is 17.5 Å². The van der Waals surface area contributed by atoms with Gasteiger partial charge in [-0.2, -0.15) is 0 Å². The molecule has 5 heteroatoms. The molecular weight excluding hydrogens is 216 g/mol. The molecule has 0 fully saturated rings. The Hall–Kier alpha value is -0.805. The number of benzene rings is 1. The van der Waals surface area contributed by atoms with Gasteiger partial charge in [-0.05, 0) is 29.9 Å². The number of thiazole rings is 1. The fourth-order valence-corrected chi connectivity index (χ4v) is 2.60. The first-order valence-electron chi connectivity index (χ1n) is 3.88. The third kappa shape index (κ3) is 2.36. The second-order valence-corrected chi connectivity index (χ2v) is 4.77. The normalized spacial score (nSPS) is 10.4. The van der Waals surface area contributed by atoms with Crippen molar-refractivity contribution >= 4 is 36.5 Å². The lowest BCUT2D eigenvalue weighted by molar-refractivity contribution is 0.626. The third-order valence-corrected chi connectivity index (χ3v) is 3.48. The van der Waals surface area contributed by atoms with Gasteiger partial charge in [-0.3, -0.25) is 0 Å². The highest BCUT2D eigenvalue weighted by atomic mass is 32.2. The topological polar surface area (TPSA) is 12.9 Å². The van der Waals surface area contributed by atoms with E-state index in [-0.39, 0.29) is 5.82 Å². The van der Waals surface area contributed by atoms with Gasteiger partial charge in [0.25, 0.3) is 0 Å². The van der Waals surface area contributed by atoms with Gasteiger partial charge in [0.1, 0.15) is 13.7 Å². The zero-order valence-corrected chi connectivity index (χ0v) is 8.74. The summed E-state index contributed by atoms with van der Waals surface area (Å²) in [6.07, 6.45) is 0. The molecule has 0 saturated heterocycles. The van der Waals surface area contributed by atoms with Crippen molar-refractivity contribution in [1.82, 2.24) is 4.98 Å². The summed E-state index contributed by atoms with van der Waals surface area (Å²) >= 11 is 2.96. The van der Waals surface area contributed by atoms with E-state index in [9.17, 15) is 4.39 Å². The Kier molecular flexibility index (Phi) is 2.89. The summed E-state index contributed by atoms with van der Waals surface area (Å²) in [5.41, 5.74) is 0.527. The van der Waals surface area contributed by atoms with E-state index in [4.69, 9.17) is 7.85 Å². The van der Waals surface area contributed by atoms with E-state index in [1.807, 2.05) is 0 Å². The van der Waals surface area contributed by atoms with Gasteiger partial charge in [0.15, 0.2) is 4.34 Å². The Labute approximate surface area is 90.8 Å². The van der Waals surface area contributed by atoms with Crippen molar-refractivity contribution in [3.05, 3.63) is 35.5 Å². The summed E-state index contributed by atoms with van der Waals surface area (Å²) in [5, 5.41) is 1.78. The predicted octanol–water partition coefficient (Wildman–Crippen LogP) is 2.23. The molecule has 68 valence electrons. The summed E-state index contributed by atoms with van der Waals surface area (Å²) in [6, 6.07) is 6.30. The SMILES string of the molecule is [B]c1csc(Sc2ccc(F)cc2)n1. The molecule has 2 radical (unpaired) electrons. The minimum absolute atomic E-state index is 0.229. The lowest BCUT2D eigenvalue weighted by Crippen LogP contribution is -2.00. The number of hydrogen-bond acceptors (Lipinski definition) is 3. The summed E-state index contributed by atoms with van der Waals surface area (Å²) in [4.78, 5) is 5.05. The average molecular weight is 221 g/mol. The average Bonchev–Trinajstić information content (AvgIpc) is 2.56. The molecule has 0 atom stereocenters. The maximum Gasteiger partial charge on any atom is 0.153 e. The van der Waals surface area contributed by atoms with Crippen LogP contribution in [0.15, 0.2) is 38.9 Å². The second kappa shape index (κ2) is 4.15. The highest BCUT2D eigenvalue weighted by Gasteiger charge is 2.01. The first-order valence-corrected chi connectivity index (χ1v) is 5.58. The van der Waals surface area contributed by atoms with Crippen molar-refractivity contribution in [3.63, 3.8) is 0 Å². The Morgan fingerprint density at radius 3 is 2.57 bits per heavy atom. The van der Waals surface area contributed by atoms with E-state index in [0.717, 1.165) is 9.24 Å². The van der Waals surface area contributed by atoms with Crippen molar-refractivity contribution in [2.24, 2.45) is 0 Å². The van der Waals surface area contributed by atoms with Crippen LogP contribution >= 0.6 is 23.1 Å². The van der Waals surface area contributed by atoms with Gasteiger partial charge in [0.05, 0.1) is 0 Å². The zero-order chi connectivity index (χ0) is 9.97. The van der Waals surface area contributed by atoms with Crippen molar-refractivity contribution in [3.8, 4) is 0 Å². The summed E-state index contributed by atoms with van der Waals surface area (Å²) < 4.78 is 13.5. The second-order valence-electron chi connectivity index (χ2n) is 2.59. The molecule has 1 aromatic carbocycles. The molecule has 0 bridgehead atoms. The number of nitrogens with zero attached hydrogens (tertiary/aromatic N) is 1. The summed E-state index contributed by atoms with van der Waals surface area (Å²) in [7, 11) is 5.48. The molecule has 2 aromatic rings. The van der Waals surface area contributed by atoms with Gasteiger partial charge < -0.3 is 0 Å². The molecule has 1 heterocycles. The van der Waals surface area contributed by atoms with Gasteiger partial charge in [-0.25, -0.2) is 9.37 Å². The molecule has 0 N–H and O–H groups in total. The lowest BCUT2D eigenvalue weighted by atomic mass is 10.1. The quantitative estimate of drug-likeness (QED) is 0.721. The van der Waals surface area contributed by atoms with Gasteiger partial charge in [0.2, 0.25) is 0 Å².